The Balaban J connectivity index is 1.18. The third kappa shape index (κ3) is 6.82. The van der Waals surface area contributed by atoms with Gasteiger partial charge in [-0.3, -0.25) is 19.3 Å². The minimum Gasteiger partial charge on any atom is -0.339 e. The number of hydrogen-bond donors (Lipinski definition) is 1. The number of nitrogens with zero attached hydrogens (tertiary/aromatic N) is 4. The molecule has 0 unspecified atom stereocenters. The summed E-state index contributed by atoms with van der Waals surface area (Å²) in [5.41, 5.74) is 2.59. The number of amides is 3. The first kappa shape index (κ1) is 25.2. The number of anilines is 1. The van der Waals surface area contributed by atoms with Crippen molar-refractivity contribution in [1.82, 2.24) is 19.7 Å². The number of benzene rings is 1. The van der Waals surface area contributed by atoms with Crippen LogP contribution >= 0.6 is 11.8 Å². The van der Waals surface area contributed by atoms with Crippen molar-refractivity contribution in [3.8, 4) is 0 Å². The number of nitrogens with one attached hydrogen (secondary N) is 1. The van der Waals surface area contributed by atoms with Gasteiger partial charge in [0.25, 0.3) is 5.91 Å². The summed E-state index contributed by atoms with van der Waals surface area (Å²) in [6.07, 6.45) is 4.59. The van der Waals surface area contributed by atoms with Crippen molar-refractivity contribution in [3.05, 3.63) is 53.7 Å². The highest BCUT2D eigenvalue weighted by Crippen LogP contribution is 2.19. The van der Waals surface area contributed by atoms with Gasteiger partial charge in [0, 0.05) is 51.2 Å². The summed E-state index contributed by atoms with van der Waals surface area (Å²) < 4.78 is 0. The maximum atomic E-state index is 12.7. The number of piperazine rings is 1. The minimum atomic E-state index is -0.0287. The lowest BCUT2D eigenvalue weighted by molar-refractivity contribution is -0.130. The molecule has 1 aromatic heterocycles. The van der Waals surface area contributed by atoms with E-state index in [1.807, 2.05) is 40.1 Å². The summed E-state index contributed by atoms with van der Waals surface area (Å²) in [6.45, 7) is 6.57. The highest BCUT2D eigenvalue weighted by atomic mass is 32.2. The van der Waals surface area contributed by atoms with Gasteiger partial charge in [0.15, 0.2) is 0 Å². The predicted molar refractivity (Wildman–Crippen MR) is 138 cm³/mol. The average Bonchev–Trinajstić information content (AvgIpc) is 3.43. The molecule has 1 N–H and O–H groups in total. The molecule has 2 fully saturated rings. The molecule has 2 aliphatic rings. The highest BCUT2D eigenvalue weighted by molar-refractivity contribution is 7.99. The Bertz CT molecular complexity index is 1030. The van der Waals surface area contributed by atoms with Crippen molar-refractivity contribution in [3.63, 3.8) is 0 Å². The van der Waals surface area contributed by atoms with Crippen LogP contribution in [0.2, 0.25) is 0 Å². The molecular formula is C26H33N5O3S. The summed E-state index contributed by atoms with van der Waals surface area (Å²) in [5.74, 6) is 0.374. The number of aryl methyl sites for hydroxylation is 1. The molecule has 2 aliphatic heterocycles. The smallest absolute Gasteiger partial charge is 0.255 e. The minimum absolute atomic E-state index is 0.0287. The van der Waals surface area contributed by atoms with Crippen LogP contribution in [0.15, 0.2) is 47.6 Å². The Morgan fingerprint density at radius 2 is 1.69 bits per heavy atom. The van der Waals surface area contributed by atoms with Gasteiger partial charge in [-0.2, -0.15) is 0 Å². The van der Waals surface area contributed by atoms with E-state index in [2.05, 4.69) is 22.1 Å². The fourth-order valence-corrected chi connectivity index (χ4v) is 5.17. The number of likely N-dealkylation sites (tertiary alicyclic amines) is 1. The first-order valence-electron chi connectivity index (χ1n) is 12.3. The van der Waals surface area contributed by atoms with Gasteiger partial charge < -0.3 is 15.1 Å². The van der Waals surface area contributed by atoms with Crippen LogP contribution in [0.3, 0.4) is 0 Å². The van der Waals surface area contributed by atoms with E-state index in [0.717, 1.165) is 48.6 Å². The normalized spacial score (nSPS) is 16.4. The Morgan fingerprint density at radius 3 is 2.37 bits per heavy atom. The Labute approximate surface area is 211 Å². The van der Waals surface area contributed by atoms with Crippen molar-refractivity contribution >= 4 is 35.2 Å². The highest BCUT2D eigenvalue weighted by Gasteiger charge is 2.23. The molecule has 0 bridgehead atoms. The molecule has 0 aliphatic carbocycles. The second-order valence-electron chi connectivity index (χ2n) is 8.89. The van der Waals surface area contributed by atoms with Crippen LogP contribution in [-0.2, 0) is 16.0 Å². The summed E-state index contributed by atoms with van der Waals surface area (Å²) in [6, 6.07) is 11.5. The van der Waals surface area contributed by atoms with E-state index in [1.54, 1.807) is 12.3 Å². The van der Waals surface area contributed by atoms with Gasteiger partial charge in [-0.25, -0.2) is 4.98 Å². The molecule has 9 heteroatoms. The Hall–Kier alpha value is -2.91. The van der Waals surface area contributed by atoms with E-state index in [9.17, 15) is 14.4 Å². The Morgan fingerprint density at radius 1 is 0.943 bits per heavy atom. The summed E-state index contributed by atoms with van der Waals surface area (Å²) >= 11 is 1.39. The zero-order valence-corrected chi connectivity index (χ0v) is 21.1. The van der Waals surface area contributed by atoms with Gasteiger partial charge in [-0.1, -0.05) is 36.9 Å². The maximum absolute atomic E-state index is 12.7. The van der Waals surface area contributed by atoms with Crippen molar-refractivity contribution < 1.29 is 14.4 Å². The fraction of sp³-hybridized carbons (Fsp3) is 0.462. The van der Waals surface area contributed by atoms with E-state index in [0.29, 0.717) is 44.0 Å². The number of rotatable bonds is 8. The predicted octanol–water partition coefficient (Wildman–Crippen LogP) is 2.76. The molecule has 0 radical (unpaired) electrons. The largest absolute Gasteiger partial charge is 0.339 e. The molecule has 4 rings (SSSR count). The van der Waals surface area contributed by atoms with Gasteiger partial charge in [0.05, 0.1) is 22.9 Å². The third-order valence-electron chi connectivity index (χ3n) is 6.48. The van der Waals surface area contributed by atoms with Crippen LogP contribution < -0.4 is 5.32 Å². The van der Waals surface area contributed by atoms with Gasteiger partial charge in [0.2, 0.25) is 11.8 Å². The molecule has 0 saturated carbocycles. The molecule has 8 nitrogen and oxygen atoms in total. The zero-order valence-electron chi connectivity index (χ0n) is 20.2. The lowest BCUT2D eigenvalue weighted by atomic mass is 10.1. The molecule has 186 valence electrons. The van der Waals surface area contributed by atoms with Crippen LogP contribution in [0.25, 0.3) is 0 Å². The van der Waals surface area contributed by atoms with Gasteiger partial charge in [-0.15, -0.1) is 0 Å². The molecule has 1 aromatic carbocycles. The summed E-state index contributed by atoms with van der Waals surface area (Å²) in [7, 11) is 0. The average molecular weight is 496 g/mol. The lowest BCUT2D eigenvalue weighted by Gasteiger charge is -2.34. The number of para-hydroxylation sites is 1. The second-order valence-corrected chi connectivity index (χ2v) is 9.88. The summed E-state index contributed by atoms with van der Waals surface area (Å²) in [4.78, 5) is 47.8. The molecular weight excluding hydrogens is 462 g/mol. The maximum Gasteiger partial charge on any atom is 0.255 e. The zero-order chi connectivity index (χ0) is 24.6. The van der Waals surface area contributed by atoms with E-state index >= 15 is 0 Å². The molecule has 35 heavy (non-hydrogen) atoms. The van der Waals surface area contributed by atoms with E-state index < -0.39 is 0 Å². The van der Waals surface area contributed by atoms with Gasteiger partial charge in [-0.05, 0) is 43.0 Å². The molecule has 3 amide bonds. The topological polar surface area (TPSA) is 85.8 Å². The number of hydrogen-bond acceptors (Lipinski definition) is 6. The third-order valence-corrected chi connectivity index (χ3v) is 7.41. The summed E-state index contributed by atoms with van der Waals surface area (Å²) in [5, 5.41) is 3.75. The number of carbonyl (C=O) groups excluding carboxylic acids is 3. The van der Waals surface area contributed by atoms with E-state index in [4.69, 9.17) is 0 Å². The first-order chi connectivity index (χ1) is 17.0. The number of pyridine rings is 1. The number of carbonyl (C=O) groups is 3. The van der Waals surface area contributed by atoms with Crippen molar-refractivity contribution in [2.45, 2.75) is 31.2 Å². The SMILES string of the molecule is CCc1ccccc1NC(=O)CN1CCN(C(=O)CSc2ccc(C(=O)N3CCCC3)cn2)CC1. The van der Waals surface area contributed by atoms with Crippen molar-refractivity contribution in [1.29, 1.82) is 0 Å². The van der Waals surface area contributed by atoms with Crippen molar-refractivity contribution in [2.24, 2.45) is 0 Å². The number of aromatic nitrogens is 1. The van der Waals surface area contributed by atoms with Gasteiger partial charge >= 0.3 is 0 Å². The monoisotopic (exact) mass is 495 g/mol. The first-order valence-corrected chi connectivity index (χ1v) is 13.3. The van der Waals surface area contributed by atoms with Crippen LogP contribution in [0, 0.1) is 0 Å². The van der Waals surface area contributed by atoms with Crippen LogP contribution in [-0.4, -0.2) is 89.0 Å². The van der Waals surface area contributed by atoms with Crippen LogP contribution in [0.5, 0.6) is 0 Å². The van der Waals surface area contributed by atoms with Gasteiger partial charge in [0.1, 0.15) is 0 Å². The molecule has 0 spiro atoms. The lowest BCUT2D eigenvalue weighted by Crippen LogP contribution is -2.50. The van der Waals surface area contributed by atoms with Crippen LogP contribution in [0.4, 0.5) is 5.69 Å². The standard InChI is InChI=1S/C26H33N5O3S/c1-2-20-7-3-4-8-22(20)28-23(32)18-29-13-15-30(16-14-29)25(33)19-35-24-10-9-21(17-27-24)26(34)31-11-5-6-12-31/h3-4,7-10,17H,2,5-6,11-16,18-19H2,1H3,(H,28,32). The van der Waals surface area contributed by atoms with E-state index in [1.165, 1.54) is 11.8 Å². The molecule has 3 heterocycles. The second kappa shape index (κ2) is 12.2. The van der Waals surface area contributed by atoms with Crippen LogP contribution in [0.1, 0.15) is 35.7 Å². The van der Waals surface area contributed by atoms with Crippen molar-refractivity contribution in [2.75, 3.05) is 56.9 Å². The molecule has 2 aromatic rings. The van der Waals surface area contributed by atoms with E-state index in [-0.39, 0.29) is 17.7 Å². The number of thioether (sulfide) groups is 1. The fourth-order valence-electron chi connectivity index (χ4n) is 4.42. The quantitative estimate of drug-likeness (QED) is 0.567. The molecule has 0 atom stereocenters. The molecule has 2 saturated heterocycles. The Kier molecular flexibility index (Phi) is 8.76.